The van der Waals surface area contributed by atoms with E-state index in [1.165, 1.54) is 11.8 Å². The van der Waals surface area contributed by atoms with Crippen molar-refractivity contribution in [1.29, 1.82) is 0 Å². The average molecular weight is 388 g/mol. The SMILES string of the molecule is CC1=C(C(N)=O)[C@@H](c2cccc(Cl)c2Cl)N=C(SCCC(=O)O)N1. The second kappa shape index (κ2) is 7.92. The first-order valence-corrected chi connectivity index (χ1v) is 8.69. The number of nitrogens with two attached hydrogens (primary N) is 1. The molecule has 1 aromatic rings. The molecule has 0 spiro atoms. The fourth-order valence-electron chi connectivity index (χ4n) is 2.23. The highest BCUT2D eigenvalue weighted by atomic mass is 35.5. The zero-order valence-electron chi connectivity index (χ0n) is 12.7. The van der Waals surface area contributed by atoms with E-state index in [9.17, 15) is 9.59 Å². The summed E-state index contributed by atoms with van der Waals surface area (Å²) < 4.78 is 0. The van der Waals surface area contributed by atoms with Crippen LogP contribution in [0.2, 0.25) is 10.0 Å². The van der Waals surface area contributed by atoms with Gasteiger partial charge in [-0.2, -0.15) is 0 Å². The minimum Gasteiger partial charge on any atom is -0.481 e. The number of hydrogen-bond donors (Lipinski definition) is 3. The van der Waals surface area contributed by atoms with Crippen molar-refractivity contribution < 1.29 is 14.7 Å². The van der Waals surface area contributed by atoms with Crippen LogP contribution in [0.5, 0.6) is 0 Å². The molecule has 1 aliphatic rings. The van der Waals surface area contributed by atoms with Gasteiger partial charge in [0.1, 0.15) is 6.04 Å². The molecule has 0 radical (unpaired) electrons. The molecule has 1 amide bonds. The third-order valence-electron chi connectivity index (χ3n) is 3.31. The number of amidine groups is 1. The Labute approximate surface area is 153 Å². The predicted molar refractivity (Wildman–Crippen MR) is 96.4 cm³/mol. The number of aliphatic carboxylic acids is 1. The number of rotatable bonds is 5. The Morgan fingerprint density at radius 2 is 2.12 bits per heavy atom. The maximum atomic E-state index is 11.8. The number of carbonyl (C=O) groups is 2. The van der Waals surface area contributed by atoms with Crippen molar-refractivity contribution in [3.05, 3.63) is 45.1 Å². The maximum absolute atomic E-state index is 11.8. The molecule has 2 rings (SSSR count). The van der Waals surface area contributed by atoms with Gasteiger partial charge in [0.25, 0.3) is 0 Å². The number of aliphatic imine (C=N–C) groups is 1. The van der Waals surface area contributed by atoms with Crippen LogP contribution in [0, 0.1) is 0 Å². The summed E-state index contributed by atoms with van der Waals surface area (Å²) in [4.78, 5) is 27.0. The van der Waals surface area contributed by atoms with Crippen molar-refractivity contribution in [3.8, 4) is 0 Å². The molecule has 4 N–H and O–H groups in total. The molecular weight excluding hydrogens is 373 g/mol. The first kappa shape index (κ1) is 18.6. The molecule has 0 aromatic heterocycles. The lowest BCUT2D eigenvalue weighted by Gasteiger charge is -2.26. The van der Waals surface area contributed by atoms with Crippen LogP contribution >= 0.6 is 35.0 Å². The predicted octanol–water partition coefficient (Wildman–Crippen LogP) is 2.96. The van der Waals surface area contributed by atoms with Crippen LogP contribution in [-0.4, -0.2) is 27.9 Å². The number of hydrogen-bond acceptors (Lipinski definition) is 5. The average Bonchev–Trinajstić information content (AvgIpc) is 2.48. The molecule has 0 unspecified atom stereocenters. The number of carbonyl (C=O) groups excluding carboxylic acids is 1. The quantitative estimate of drug-likeness (QED) is 0.719. The molecule has 128 valence electrons. The molecule has 6 nitrogen and oxygen atoms in total. The van der Waals surface area contributed by atoms with Gasteiger partial charge in [-0.15, -0.1) is 0 Å². The highest BCUT2D eigenvalue weighted by molar-refractivity contribution is 8.13. The molecule has 1 atom stereocenters. The van der Waals surface area contributed by atoms with Crippen LogP contribution in [-0.2, 0) is 9.59 Å². The number of carboxylic acid groups (broad SMARTS) is 1. The van der Waals surface area contributed by atoms with Gasteiger partial charge in [-0.25, -0.2) is 4.99 Å². The number of halogens is 2. The molecule has 24 heavy (non-hydrogen) atoms. The van der Waals surface area contributed by atoms with E-state index < -0.39 is 17.9 Å². The van der Waals surface area contributed by atoms with E-state index in [0.29, 0.717) is 37.8 Å². The Bertz CT molecular complexity index is 749. The lowest BCUT2D eigenvalue weighted by molar-refractivity contribution is -0.136. The standard InChI is InChI=1S/C15H15Cl2N3O3S/c1-7-11(14(18)23)13(8-3-2-4-9(16)12(8)17)20-15(19-7)24-6-5-10(21)22/h2-4,13H,5-6H2,1H3,(H2,18,23)(H,19,20)(H,21,22)/t13-/m1/s1. The van der Waals surface area contributed by atoms with Crippen LogP contribution in [0.25, 0.3) is 0 Å². The van der Waals surface area contributed by atoms with Crippen LogP contribution < -0.4 is 11.1 Å². The van der Waals surface area contributed by atoms with Gasteiger partial charge in [-0.1, -0.05) is 47.1 Å². The molecule has 1 heterocycles. The zero-order chi connectivity index (χ0) is 17.9. The number of primary amides is 1. The van der Waals surface area contributed by atoms with Crippen molar-refractivity contribution in [2.75, 3.05) is 5.75 Å². The van der Waals surface area contributed by atoms with Crippen molar-refractivity contribution in [2.24, 2.45) is 10.7 Å². The Balaban J connectivity index is 2.39. The van der Waals surface area contributed by atoms with E-state index in [4.69, 9.17) is 34.0 Å². The summed E-state index contributed by atoms with van der Waals surface area (Å²) in [6.45, 7) is 1.71. The van der Waals surface area contributed by atoms with E-state index in [-0.39, 0.29) is 6.42 Å². The summed E-state index contributed by atoms with van der Waals surface area (Å²) in [5.74, 6) is -1.16. The van der Waals surface area contributed by atoms with Gasteiger partial charge in [0.05, 0.1) is 22.0 Å². The minimum atomic E-state index is -0.890. The van der Waals surface area contributed by atoms with Gasteiger partial charge < -0.3 is 16.2 Å². The number of nitrogens with zero attached hydrogens (tertiary/aromatic N) is 1. The third kappa shape index (κ3) is 4.23. The summed E-state index contributed by atoms with van der Waals surface area (Å²) in [6.07, 6.45) is -0.000602. The zero-order valence-corrected chi connectivity index (χ0v) is 15.0. The molecule has 0 saturated heterocycles. The largest absolute Gasteiger partial charge is 0.481 e. The van der Waals surface area contributed by atoms with Gasteiger partial charge in [0.2, 0.25) is 5.91 Å². The molecule has 0 bridgehead atoms. The van der Waals surface area contributed by atoms with Gasteiger partial charge in [-0.3, -0.25) is 9.59 Å². The topological polar surface area (TPSA) is 105 Å². The van der Waals surface area contributed by atoms with E-state index in [0.717, 1.165) is 0 Å². The lowest BCUT2D eigenvalue weighted by Crippen LogP contribution is -2.32. The maximum Gasteiger partial charge on any atom is 0.304 e. The third-order valence-corrected chi connectivity index (χ3v) is 5.04. The Morgan fingerprint density at radius 1 is 1.42 bits per heavy atom. The van der Waals surface area contributed by atoms with Gasteiger partial charge in [-0.05, 0) is 13.0 Å². The second-order valence-corrected chi connectivity index (χ2v) is 6.87. The molecule has 1 aliphatic heterocycles. The Hall–Kier alpha value is -1.70. The van der Waals surface area contributed by atoms with Crippen LogP contribution in [0.4, 0.5) is 0 Å². The van der Waals surface area contributed by atoms with Crippen LogP contribution in [0.1, 0.15) is 24.9 Å². The number of carboxylic acids is 1. The van der Waals surface area contributed by atoms with Gasteiger partial charge in [0, 0.05) is 17.0 Å². The van der Waals surface area contributed by atoms with Crippen LogP contribution in [0.3, 0.4) is 0 Å². The molecule has 1 aromatic carbocycles. The highest BCUT2D eigenvalue weighted by Gasteiger charge is 2.29. The first-order valence-electron chi connectivity index (χ1n) is 6.95. The summed E-state index contributed by atoms with van der Waals surface area (Å²) in [5, 5.41) is 12.9. The fraction of sp³-hybridized carbons (Fsp3) is 0.267. The molecular formula is C15H15Cl2N3O3S. The van der Waals surface area contributed by atoms with Gasteiger partial charge in [0.15, 0.2) is 5.17 Å². The van der Waals surface area contributed by atoms with E-state index in [1.54, 1.807) is 25.1 Å². The van der Waals surface area contributed by atoms with Crippen LogP contribution in [0.15, 0.2) is 34.5 Å². The summed E-state index contributed by atoms with van der Waals surface area (Å²) in [7, 11) is 0. The molecule has 0 saturated carbocycles. The van der Waals surface area contributed by atoms with Crippen molar-refractivity contribution in [2.45, 2.75) is 19.4 Å². The number of amides is 1. The minimum absolute atomic E-state index is 0.000602. The summed E-state index contributed by atoms with van der Waals surface area (Å²) in [5.41, 5.74) is 6.90. The van der Waals surface area contributed by atoms with Crippen molar-refractivity contribution in [3.63, 3.8) is 0 Å². The normalized spacial score (nSPS) is 17.3. The Morgan fingerprint density at radius 3 is 2.75 bits per heavy atom. The van der Waals surface area contributed by atoms with E-state index in [1.807, 2.05) is 0 Å². The Kier molecular flexibility index (Phi) is 6.15. The number of thioether (sulfide) groups is 1. The molecule has 9 heteroatoms. The number of allylic oxidation sites excluding steroid dienone is 1. The summed E-state index contributed by atoms with van der Waals surface area (Å²) in [6, 6.07) is 4.39. The second-order valence-electron chi connectivity index (χ2n) is 5.00. The van der Waals surface area contributed by atoms with Gasteiger partial charge >= 0.3 is 5.97 Å². The number of benzene rings is 1. The van der Waals surface area contributed by atoms with E-state index in [2.05, 4.69) is 10.3 Å². The monoisotopic (exact) mass is 387 g/mol. The lowest BCUT2D eigenvalue weighted by atomic mass is 9.96. The van der Waals surface area contributed by atoms with Crippen molar-refractivity contribution in [1.82, 2.24) is 5.32 Å². The fourth-order valence-corrected chi connectivity index (χ4v) is 3.52. The number of nitrogens with one attached hydrogen (secondary N) is 1. The van der Waals surface area contributed by atoms with E-state index >= 15 is 0 Å². The molecule has 0 fully saturated rings. The molecule has 0 aliphatic carbocycles. The first-order chi connectivity index (χ1) is 11.3. The summed E-state index contributed by atoms with van der Waals surface area (Å²) >= 11 is 13.6. The van der Waals surface area contributed by atoms with Crippen molar-refractivity contribution >= 4 is 52.0 Å². The highest BCUT2D eigenvalue weighted by Crippen LogP contribution is 2.38. The smallest absolute Gasteiger partial charge is 0.304 e.